The van der Waals surface area contributed by atoms with Gasteiger partial charge in [-0.1, -0.05) is 6.07 Å². The molecule has 0 aliphatic carbocycles. The van der Waals surface area contributed by atoms with E-state index in [1.54, 1.807) is 20.2 Å². The van der Waals surface area contributed by atoms with Crippen LogP contribution in [0.5, 0.6) is 0 Å². The lowest BCUT2D eigenvalue weighted by atomic mass is 9.97. The summed E-state index contributed by atoms with van der Waals surface area (Å²) >= 11 is 0. The number of carbonyl (C=O) groups is 1. The molecule has 1 aliphatic rings. The number of aromatic nitrogens is 4. The maximum atomic E-state index is 13.0. The summed E-state index contributed by atoms with van der Waals surface area (Å²) in [6.07, 6.45) is 1.73. The molecular formula is C25H28F3N5O2. The molecule has 0 amide bonds. The number of alkyl halides is 3. The topological polar surface area (TPSA) is 73.1 Å². The van der Waals surface area contributed by atoms with Crippen LogP contribution in [0.1, 0.15) is 45.6 Å². The fraction of sp³-hybridized carbons (Fsp3) is 0.440. The lowest BCUT2D eigenvalue weighted by Crippen LogP contribution is -2.36. The Morgan fingerprint density at radius 1 is 1.11 bits per heavy atom. The molecule has 35 heavy (non-hydrogen) atoms. The van der Waals surface area contributed by atoms with Crippen LogP contribution in [0.2, 0.25) is 0 Å². The summed E-state index contributed by atoms with van der Waals surface area (Å²) < 4.78 is 45.0. The average molecular weight is 488 g/mol. The van der Waals surface area contributed by atoms with E-state index in [1.165, 1.54) is 16.9 Å². The van der Waals surface area contributed by atoms with Crippen LogP contribution >= 0.6 is 0 Å². The van der Waals surface area contributed by atoms with E-state index in [1.807, 2.05) is 13.0 Å². The van der Waals surface area contributed by atoms with Gasteiger partial charge in [-0.15, -0.1) is 0 Å². The Labute approximate surface area is 201 Å². The van der Waals surface area contributed by atoms with Crippen LogP contribution in [0.25, 0.3) is 5.82 Å². The number of aryl methyl sites for hydroxylation is 1. The fourth-order valence-electron chi connectivity index (χ4n) is 4.47. The van der Waals surface area contributed by atoms with Gasteiger partial charge in [-0.2, -0.15) is 18.3 Å². The van der Waals surface area contributed by atoms with Gasteiger partial charge in [0.1, 0.15) is 5.82 Å². The molecule has 7 nitrogen and oxygen atoms in total. The second kappa shape index (κ2) is 10.2. The van der Waals surface area contributed by atoms with E-state index >= 15 is 0 Å². The molecule has 0 N–H and O–H groups in total. The summed E-state index contributed by atoms with van der Waals surface area (Å²) in [6, 6.07) is 4.17. The van der Waals surface area contributed by atoms with E-state index in [2.05, 4.69) is 20.0 Å². The molecule has 0 spiro atoms. The van der Waals surface area contributed by atoms with Crippen molar-refractivity contribution in [1.82, 2.24) is 19.7 Å². The smallest absolute Gasteiger partial charge is 0.384 e. The zero-order valence-corrected chi connectivity index (χ0v) is 20.0. The van der Waals surface area contributed by atoms with Crippen LogP contribution in [-0.2, 0) is 17.3 Å². The number of halogens is 3. The Morgan fingerprint density at radius 2 is 1.86 bits per heavy atom. The van der Waals surface area contributed by atoms with E-state index in [4.69, 9.17) is 4.74 Å². The summed E-state index contributed by atoms with van der Waals surface area (Å²) in [7, 11) is 1.73. The molecule has 0 aromatic carbocycles. The highest BCUT2D eigenvalue weighted by Gasteiger charge is 2.31. The molecule has 1 saturated heterocycles. The Bertz CT molecular complexity index is 1180. The lowest BCUT2D eigenvalue weighted by molar-refractivity contribution is -0.137. The van der Waals surface area contributed by atoms with Gasteiger partial charge in [-0.05, 0) is 55.9 Å². The molecule has 0 saturated carbocycles. The van der Waals surface area contributed by atoms with Crippen LogP contribution in [0.3, 0.4) is 0 Å². The number of methoxy groups -OCH3 is 1. The number of carbonyl (C=O) groups excluding carboxylic acids is 1. The standard InChI is InChI=1S/C25H28F3N5O2/c1-16-10-19(12-30-24(16)32-8-6-18(7-9-32)15-35-3)11-22(34)21-14-31-33(17(21)2)23-5-4-20(13-29-23)25(26,27)28/h4-5,10,12-14,18H,6-9,11,15H2,1-3H3. The summed E-state index contributed by atoms with van der Waals surface area (Å²) in [5.41, 5.74) is 1.89. The van der Waals surface area contributed by atoms with E-state index in [9.17, 15) is 18.0 Å². The zero-order valence-electron chi connectivity index (χ0n) is 20.0. The average Bonchev–Trinajstić information content (AvgIpc) is 3.21. The second-order valence-electron chi connectivity index (χ2n) is 8.93. The number of pyridine rings is 2. The number of ether oxygens (including phenoxy) is 1. The Hall–Kier alpha value is -3.27. The van der Waals surface area contributed by atoms with Crippen molar-refractivity contribution in [2.45, 2.75) is 39.3 Å². The van der Waals surface area contributed by atoms with E-state index in [0.29, 0.717) is 17.2 Å². The highest BCUT2D eigenvalue weighted by Crippen LogP contribution is 2.29. The molecule has 0 unspecified atom stereocenters. The molecule has 1 fully saturated rings. The highest BCUT2D eigenvalue weighted by molar-refractivity contribution is 5.98. The molecule has 4 rings (SSSR count). The number of nitrogens with zero attached hydrogens (tertiary/aromatic N) is 5. The lowest BCUT2D eigenvalue weighted by Gasteiger charge is -2.33. The van der Waals surface area contributed by atoms with Gasteiger partial charge < -0.3 is 9.64 Å². The first-order valence-electron chi connectivity index (χ1n) is 11.5. The van der Waals surface area contributed by atoms with Crippen LogP contribution < -0.4 is 4.90 Å². The predicted octanol–water partition coefficient (Wildman–Crippen LogP) is 4.59. The summed E-state index contributed by atoms with van der Waals surface area (Å²) in [5.74, 6) is 1.59. The van der Waals surface area contributed by atoms with Crippen molar-refractivity contribution in [3.63, 3.8) is 0 Å². The maximum Gasteiger partial charge on any atom is 0.417 e. The minimum Gasteiger partial charge on any atom is -0.384 e. The molecule has 3 aromatic rings. The molecule has 1 aliphatic heterocycles. The number of rotatable bonds is 7. The summed E-state index contributed by atoms with van der Waals surface area (Å²) in [5, 5.41) is 4.17. The first kappa shape index (κ1) is 24.8. The number of Topliss-reactive ketones (excluding diaryl/α,β-unsaturated/α-hetero) is 1. The van der Waals surface area contributed by atoms with Crippen molar-refractivity contribution in [3.8, 4) is 5.82 Å². The van der Waals surface area contributed by atoms with Crippen molar-refractivity contribution < 1.29 is 22.7 Å². The minimum absolute atomic E-state index is 0.144. The number of hydrogen-bond donors (Lipinski definition) is 0. The molecule has 186 valence electrons. The van der Waals surface area contributed by atoms with Crippen molar-refractivity contribution in [3.05, 3.63) is 64.7 Å². The first-order valence-corrected chi connectivity index (χ1v) is 11.5. The minimum atomic E-state index is -4.46. The van der Waals surface area contributed by atoms with Gasteiger partial charge in [0.25, 0.3) is 0 Å². The molecule has 10 heteroatoms. The van der Waals surface area contributed by atoms with Crippen LogP contribution in [-0.4, -0.2) is 52.3 Å². The SMILES string of the molecule is COCC1CCN(c2ncc(CC(=O)c3cnn(-c4ccc(C(F)(F)F)cn4)c3C)cc2C)CC1. The largest absolute Gasteiger partial charge is 0.417 e. The number of ketones is 1. The molecule has 4 heterocycles. The third-order valence-corrected chi connectivity index (χ3v) is 6.39. The van der Waals surface area contributed by atoms with Crippen molar-refractivity contribution in [2.75, 3.05) is 31.7 Å². The van der Waals surface area contributed by atoms with E-state index in [0.717, 1.165) is 61.7 Å². The Kier molecular flexibility index (Phi) is 7.20. The molecular weight excluding hydrogens is 459 g/mol. The number of hydrogen-bond acceptors (Lipinski definition) is 6. The Balaban J connectivity index is 1.44. The first-order chi connectivity index (χ1) is 16.7. The van der Waals surface area contributed by atoms with E-state index in [-0.39, 0.29) is 18.0 Å². The summed E-state index contributed by atoms with van der Waals surface area (Å²) in [6.45, 7) is 6.33. The number of piperidine rings is 1. The van der Waals surface area contributed by atoms with Crippen molar-refractivity contribution in [1.29, 1.82) is 0 Å². The van der Waals surface area contributed by atoms with Crippen LogP contribution in [0.15, 0.2) is 36.8 Å². The molecule has 3 aromatic heterocycles. The normalized spacial score (nSPS) is 15.0. The van der Waals surface area contributed by atoms with Crippen molar-refractivity contribution >= 4 is 11.6 Å². The van der Waals surface area contributed by atoms with E-state index < -0.39 is 11.7 Å². The monoisotopic (exact) mass is 487 g/mol. The molecule has 0 atom stereocenters. The zero-order chi connectivity index (χ0) is 25.2. The van der Waals surface area contributed by atoms with Crippen molar-refractivity contribution in [2.24, 2.45) is 5.92 Å². The fourth-order valence-corrected chi connectivity index (χ4v) is 4.47. The third kappa shape index (κ3) is 5.53. The van der Waals surface area contributed by atoms with Crippen LogP contribution in [0.4, 0.5) is 19.0 Å². The van der Waals surface area contributed by atoms with Gasteiger partial charge >= 0.3 is 6.18 Å². The van der Waals surface area contributed by atoms with Gasteiger partial charge in [0.05, 0.1) is 23.0 Å². The quantitative estimate of drug-likeness (QED) is 0.454. The summed E-state index contributed by atoms with van der Waals surface area (Å²) in [4.78, 5) is 23.8. The molecule has 0 radical (unpaired) electrons. The third-order valence-electron chi connectivity index (χ3n) is 6.39. The number of anilines is 1. The maximum absolute atomic E-state index is 13.0. The molecule has 0 bridgehead atoms. The van der Waals surface area contributed by atoms with Gasteiger partial charge in [-0.25, -0.2) is 14.6 Å². The van der Waals surface area contributed by atoms with Gasteiger partial charge in [-0.3, -0.25) is 4.79 Å². The predicted molar refractivity (Wildman–Crippen MR) is 125 cm³/mol. The van der Waals surface area contributed by atoms with Gasteiger partial charge in [0.15, 0.2) is 11.6 Å². The highest BCUT2D eigenvalue weighted by atomic mass is 19.4. The second-order valence-corrected chi connectivity index (χ2v) is 8.93. The Morgan fingerprint density at radius 3 is 2.46 bits per heavy atom. The van der Waals surface area contributed by atoms with Gasteiger partial charge in [0.2, 0.25) is 0 Å². The van der Waals surface area contributed by atoms with Gasteiger partial charge in [0, 0.05) is 45.6 Å². The van der Waals surface area contributed by atoms with Crippen LogP contribution in [0, 0.1) is 19.8 Å².